The molecule has 0 spiro atoms. The molecule has 0 heterocycles. The number of anilines is 3. The van der Waals surface area contributed by atoms with Gasteiger partial charge in [-0.2, -0.15) is 0 Å². The molecule has 18 heavy (non-hydrogen) atoms. The highest BCUT2D eigenvalue weighted by atomic mass is 19.1. The van der Waals surface area contributed by atoms with Gasteiger partial charge in [-0.15, -0.1) is 0 Å². The molecule has 0 unspecified atom stereocenters. The van der Waals surface area contributed by atoms with Gasteiger partial charge in [0, 0.05) is 18.4 Å². The summed E-state index contributed by atoms with van der Waals surface area (Å²) in [6.07, 6.45) is 0. The largest absolute Gasteiger partial charge is 0.397 e. The summed E-state index contributed by atoms with van der Waals surface area (Å²) in [5, 5.41) is 3.12. The quantitative estimate of drug-likeness (QED) is 0.814. The summed E-state index contributed by atoms with van der Waals surface area (Å²) in [5.74, 6) is -0.323. The Morgan fingerprint density at radius 2 is 1.94 bits per heavy atom. The van der Waals surface area contributed by atoms with Gasteiger partial charge in [0.25, 0.3) is 0 Å². The SMILES string of the molecule is COCc1ccccc1Nc1cc(F)ccc1N. The predicted octanol–water partition coefficient (Wildman–Crippen LogP) is 3.30. The Labute approximate surface area is 105 Å². The van der Waals surface area contributed by atoms with E-state index < -0.39 is 0 Å². The van der Waals surface area contributed by atoms with E-state index in [0.29, 0.717) is 18.0 Å². The molecule has 94 valence electrons. The fourth-order valence-corrected chi connectivity index (χ4v) is 1.71. The zero-order valence-electron chi connectivity index (χ0n) is 10.1. The highest BCUT2D eigenvalue weighted by molar-refractivity contribution is 5.73. The monoisotopic (exact) mass is 246 g/mol. The van der Waals surface area contributed by atoms with Crippen LogP contribution in [0.25, 0.3) is 0 Å². The van der Waals surface area contributed by atoms with Crippen LogP contribution >= 0.6 is 0 Å². The first-order chi connectivity index (χ1) is 8.70. The number of para-hydroxylation sites is 1. The molecule has 2 aromatic carbocycles. The van der Waals surface area contributed by atoms with Crippen molar-refractivity contribution in [3.05, 3.63) is 53.8 Å². The minimum atomic E-state index is -0.323. The van der Waals surface area contributed by atoms with E-state index in [2.05, 4.69) is 5.32 Å². The van der Waals surface area contributed by atoms with Crippen molar-refractivity contribution in [3.63, 3.8) is 0 Å². The Balaban J connectivity index is 2.30. The lowest BCUT2D eigenvalue weighted by Gasteiger charge is -2.13. The van der Waals surface area contributed by atoms with Crippen LogP contribution in [0, 0.1) is 5.82 Å². The van der Waals surface area contributed by atoms with E-state index in [1.807, 2.05) is 24.3 Å². The van der Waals surface area contributed by atoms with Gasteiger partial charge in [-0.05, 0) is 24.3 Å². The smallest absolute Gasteiger partial charge is 0.125 e. The zero-order valence-corrected chi connectivity index (χ0v) is 10.1. The fourth-order valence-electron chi connectivity index (χ4n) is 1.71. The number of hydrogen-bond donors (Lipinski definition) is 2. The summed E-state index contributed by atoms with van der Waals surface area (Å²) >= 11 is 0. The lowest BCUT2D eigenvalue weighted by atomic mass is 10.1. The van der Waals surface area contributed by atoms with Crippen molar-refractivity contribution in [2.45, 2.75) is 6.61 Å². The van der Waals surface area contributed by atoms with Crippen LogP contribution in [-0.2, 0) is 11.3 Å². The standard InChI is InChI=1S/C14H15FN2O/c1-18-9-10-4-2-3-5-13(10)17-14-8-11(15)6-7-12(14)16/h2-8,17H,9,16H2,1H3. The maximum atomic E-state index is 13.2. The number of nitrogens with two attached hydrogens (primary N) is 1. The highest BCUT2D eigenvalue weighted by Crippen LogP contribution is 2.26. The van der Waals surface area contributed by atoms with Crippen molar-refractivity contribution >= 4 is 17.1 Å². The van der Waals surface area contributed by atoms with Crippen LogP contribution in [0.3, 0.4) is 0 Å². The molecule has 0 bridgehead atoms. The van der Waals surface area contributed by atoms with Crippen molar-refractivity contribution in [2.24, 2.45) is 0 Å². The molecule has 2 aromatic rings. The van der Waals surface area contributed by atoms with Gasteiger partial charge in [0.15, 0.2) is 0 Å². The van der Waals surface area contributed by atoms with Crippen LogP contribution in [0.4, 0.5) is 21.5 Å². The third-order valence-electron chi connectivity index (χ3n) is 2.60. The molecule has 0 amide bonds. The van der Waals surface area contributed by atoms with Crippen molar-refractivity contribution in [2.75, 3.05) is 18.2 Å². The first-order valence-corrected chi connectivity index (χ1v) is 5.59. The first kappa shape index (κ1) is 12.4. The number of benzene rings is 2. The average molecular weight is 246 g/mol. The summed E-state index contributed by atoms with van der Waals surface area (Å²) < 4.78 is 18.3. The molecule has 0 radical (unpaired) electrons. The summed E-state index contributed by atoms with van der Waals surface area (Å²) in [4.78, 5) is 0. The Kier molecular flexibility index (Phi) is 3.79. The number of hydrogen-bond acceptors (Lipinski definition) is 3. The summed E-state index contributed by atoms with van der Waals surface area (Å²) in [5.41, 5.74) is 8.71. The van der Waals surface area contributed by atoms with E-state index >= 15 is 0 Å². The van der Waals surface area contributed by atoms with Crippen molar-refractivity contribution in [1.82, 2.24) is 0 Å². The van der Waals surface area contributed by atoms with Gasteiger partial charge >= 0.3 is 0 Å². The zero-order chi connectivity index (χ0) is 13.0. The van der Waals surface area contributed by atoms with E-state index in [1.54, 1.807) is 7.11 Å². The van der Waals surface area contributed by atoms with E-state index in [0.717, 1.165) is 11.3 Å². The third-order valence-corrected chi connectivity index (χ3v) is 2.60. The number of nitrogens with one attached hydrogen (secondary N) is 1. The van der Waals surface area contributed by atoms with Crippen LogP contribution in [0.15, 0.2) is 42.5 Å². The molecular formula is C14H15FN2O. The van der Waals surface area contributed by atoms with Gasteiger partial charge in [0.05, 0.1) is 18.0 Å². The number of ether oxygens (including phenoxy) is 1. The molecule has 4 heteroatoms. The number of nitrogen functional groups attached to an aromatic ring is 1. The second kappa shape index (κ2) is 5.51. The van der Waals surface area contributed by atoms with Gasteiger partial charge < -0.3 is 15.8 Å². The summed E-state index contributed by atoms with van der Waals surface area (Å²) in [6.45, 7) is 0.485. The van der Waals surface area contributed by atoms with Crippen LogP contribution < -0.4 is 11.1 Å². The van der Waals surface area contributed by atoms with Crippen molar-refractivity contribution < 1.29 is 9.13 Å². The van der Waals surface area contributed by atoms with E-state index in [9.17, 15) is 4.39 Å². The Morgan fingerprint density at radius 3 is 2.72 bits per heavy atom. The van der Waals surface area contributed by atoms with Crippen LogP contribution in [0.1, 0.15) is 5.56 Å². The maximum absolute atomic E-state index is 13.2. The lowest BCUT2D eigenvalue weighted by Crippen LogP contribution is -2.00. The molecule has 2 rings (SSSR count). The summed E-state index contributed by atoms with van der Waals surface area (Å²) in [7, 11) is 1.63. The first-order valence-electron chi connectivity index (χ1n) is 5.59. The average Bonchev–Trinajstić information content (AvgIpc) is 2.36. The van der Waals surface area contributed by atoms with Crippen molar-refractivity contribution in [1.29, 1.82) is 0 Å². The molecule has 0 saturated carbocycles. The molecule has 3 N–H and O–H groups in total. The van der Waals surface area contributed by atoms with Crippen LogP contribution in [0.5, 0.6) is 0 Å². The molecular weight excluding hydrogens is 231 g/mol. The fraction of sp³-hybridized carbons (Fsp3) is 0.143. The minimum absolute atomic E-state index is 0.323. The minimum Gasteiger partial charge on any atom is -0.397 e. The van der Waals surface area contributed by atoms with E-state index in [-0.39, 0.29) is 5.82 Å². The molecule has 0 aliphatic heterocycles. The topological polar surface area (TPSA) is 47.3 Å². The second-order valence-electron chi connectivity index (χ2n) is 3.95. The van der Waals surface area contributed by atoms with E-state index in [1.165, 1.54) is 18.2 Å². The second-order valence-corrected chi connectivity index (χ2v) is 3.95. The molecule has 3 nitrogen and oxygen atoms in total. The molecule has 0 saturated heterocycles. The predicted molar refractivity (Wildman–Crippen MR) is 71.3 cm³/mol. The van der Waals surface area contributed by atoms with Crippen LogP contribution in [0.2, 0.25) is 0 Å². The number of rotatable bonds is 4. The Bertz CT molecular complexity index is 543. The van der Waals surface area contributed by atoms with Gasteiger partial charge in [-0.3, -0.25) is 0 Å². The summed E-state index contributed by atoms with van der Waals surface area (Å²) in [6, 6.07) is 11.9. The maximum Gasteiger partial charge on any atom is 0.125 e. The highest BCUT2D eigenvalue weighted by Gasteiger charge is 2.05. The Morgan fingerprint density at radius 1 is 1.17 bits per heavy atom. The van der Waals surface area contributed by atoms with Gasteiger partial charge in [0.1, 0.15) is 5.82 Å². The van der Waals surface area contributed by atoms with Gasteiger partial charge in [-0.1, -0.05) is 18.2 Å². The van der Waals surface area contributed by atoms with E-state index in [4.69, 9.17) is 10.5 Å². The Hall–Kier alpha value is -2.07. The molecule has 0 aliphatic carbocycles. The van der Waals surface area contributed by atoms with Crippen molar-refractivity contribution in [3.8, 4) is 0 Å². The molecule has 0 aromatic heterocycles. The van der Waals surface area contributed by atoms with Crippen LogP contribution in [-0.4, -0.2) is 7.11 Å². The number of methoxy groups -OCH3 is 1. The molecule has 0 aliphatic rings. The third kappa shape index (κ3) is 2.78. The van der Waals surface area contributed by atoms with Gasteiger partial charge in [0.2, 0.25) is 0 Å². The molecule has 0 atom stereocenters. The number of halogens is 1. The van der Waals surface area contributed by atoms with Gasteiger partial charge in [-0.25, -0.2) is 4.39 Å². The lowest BCUT2D eigenvalue weighted by molar-refractivity contribution is 0.185. The molecule has 0 fully saturated rings. The normalized spacial score (nSPS) is 10.3.